The molecule has 1 saturated heterocycles. The molecule has 1 atom stereocenters. The number of benzene rings is 2. The zero-order valence-corrected chi connectivity index (χ0v) is 15.4. The Labute approximate surface area is 151 Å². The second-order valence-corrected chi connectivity index (χ2v) is 7.20. The Morgan fingerprint density at radius 1 is 1.20 bits per heavy atom. The molecule has 2 aromatic rings. The standard InChI is InChI=1S/C22H27N2O/c1-17(2)20-10-7-11-21(15-20)23-12-13-24(18(3)16-23)22(25)14-19-8-5-4-6-9-19/h4-9,11,15,17-18H,12-14,16H2,1-3H3/t18-/m1/s1. The minimum Gasteiger partial charge on any atom is -0.368 e. The topological polar surface area (TPSA) is 23.6 Å². The van der Waals surface area contributed by atoms with Crippen molar-refractivity contribution in [3.63, 3.8) is 0 Å². The summed E-state index contributed by atoms with van der Waals surface area (Å²) in [6.45, 7) is 9.07. The average Bonchev–Trinajstić information content (AvgIpc) is 2.62. The van der Waals surface area contributed by atoms with Crippen LogP contribution >= 0.6 is 0 Å². The van der Waals surface area contributed by atoms with Gasteiger partial charge in [-0.2, -0.15) is 0 Å². The first-order valence-corrected chi connectivity index (χ1v) is 9.14. The lowest BCUT2D eigenvalue weighted by Crippen LogP contribution is -2.54. The Hall–Kier alpha value is -2.29. The fraction of sp³-hybridized carbons (Fsp3) is 0.409. The molecule has 1 heterocycles. The van der Waals surface area contributed by atoms with E-state index in [0.717, 1.165) is 25.2 Å². The number of carbonyl (C=O) groups excluding carboxylic acids is 1. The third-order valence-corrected chi connectivity index (χ3v) is 4.94. The zero-order chi connectivity index (χ0) is 17.8. The van der Waals surface area contributed by atoms with Crippen LogP contribution in [0.1, 0.15) is 37.8 Å². The van der Waals surface area contributed by atoms with Crippen molar-refractivity contribution in [2.75, 3.05) is 24.5 Å². The fourth-order valence-corrected chi connectivity index (χ4v) is 3.44. The first kappa shape index (κ1) is 17.5. The third-order valence-electron chi connectivity index (χ3n) is 4.94. The zero-order valence-electron chi connectivity index (χ0n) is 15.4. The van der Waals surface area contributed by atoms with E-state index in [1.54, 1.807) is 0 Å². The van der Waals surface area contributed by atoms with Gasteiger partial charge in [0.25, 0.3) is 0 Å². The van der Waals surface area contributed by atoms with Crippen LogP contribution in [0, 0.1) is 6.07 Å². The van der Waals surface area contributed by atoms with Crippen LogP contribution in [0.15, 0.2) is 48.5 Å². The van der Waals surface area contributed by atoms with Gasteiger partial charge in [-0.3, -0.25) is 4.79 Å². The number of rotatable bonds is 4. The lowest BCUT2D eigenvalue weighted by molar-refractivity contribution is -0.132. The van der Waals surface area contributed by atoms with Gasteiger partial charge >= 0.3 is 0 Å². The van der Waals surface area contributed by atoms with Gasteiger partial charge in [-0.1, -0.05) is 50.2 Å². The van der Waals surface area contributed by atoms with Gasteiger partial charge in [-0.05, 0) is 42.2 Å². The molecule has 0 spiro atoms. The molecular weight excluding hydrogens is 308 g/mol. The molecule has 0 saturated carbocycles. The first-order chi connectivity index (χ1) is 12.0. The van der Waals surface area contributed by atoms with Crippen LogP contribution in [0.4, 0.5) is 5.69 Å². The van der Waals surface area contributed by atoms with E-state index in [9.17, 15) is 4.79 Å². The molecule has 3 nitrogen and oxygen atoms in total. The molecular formula is C22H27N2O. The van der Waals surface area contributed by atoms with Crippen LogP contribution in [0.5, 0.6) is 0 Å². The van der Waals surface area contributed by atoms with Crippen molar-refractivity contribution < 1.29 is 4.79 Å². The second kappa shape index (κ2) is 7.73. The molecule has 0 unspecified atom stereocenters. The van der Waals surface area contributed by atoms with E-state index in [1.165, 1.54) is 11.3 Å². The largest absolute Gasteiger partial charge is 0.368 e. The molecule has 0 bridgehead atoms. The minimum absolute atomic E-state index is 0.219. The predicted octanol–water partition coefficient (Wildman–Crippen LogP) is 3.89. The first-order valence-electron chi connectivity index (χ1n) is 9.14. The highest BCUT2D eigenvalue weighted by Crippen LogP contribution is 2.24. The molecule has 25 heavy (non-hydrogen) atoms. The molecule has 1 aliphatic heterocycles. The number of hydrogen-bond donors (Lipinski definition) is 0. The summed E-state index contributed by atoms with van der Waals surface area (Å²) in [5, 5.41) is 0. The normalized spacial score (nSPS) is 17.8. The molecule has 3 heteroatoms. The van der Waals surface area contributed by atoms with Gasteiger partial charge in [-0.15, -0.1) is 0 Å². The summed E-state index contributed by atoms with van der Waals surface area (Å²) in [5.74, 6) is 0.703. The summed E-state index contributed by atoms with van der Waals surface area (Å²) in [7, 11) is 0. The van der Waals surface area contributed by atoms with E-state index in [4.69, 9.17) is 0 Å². The van der Waals surface area contributed by atoms with Gasteiger partial charge in [0, 0.05) is 31.4 Å². The maximum atomic E-state index is 12.7. The number of hydrogen-bond acceptors (Lipinski definition) is 2. The SMILES string of the molecule is CC(C)c1[c]ccc(N2CCN(C(=O)Cc3ccccc3)[C@H](C)C2)c1. The minimum atomic E-state index is 0.219. The van der Waals surface area contributed by atoms with Crippen molar-refractivity contribution in [2.45, 2.75) is 39.2 Å². The third kappa shape index (κ3) is 4.22. The van der Waals surface area contributed by atoms with Gasteiger partial charge in [0.15, 0.2) is 0 Å². The van der Waals surface area contributed by atoms with Gasteiger partial charge in [0.05, 0.1) is 6.42 Å². The molecule has 131 valence electrons. The van der Waals surface area contributed by atoms with Crippen LogP contribution < -0.4 is 4.90 Å². The van der Waals surface area contributed by atoms with E-state index in [1.807, 2.05) is 41.3 Å². The number of piperazine rings is 1. The number of amides is 1. The van der Waals surface area contributed by atoms with E-state index in [-0.39, 0.29) is 11.9 Å². The molecule has 2 aromatic carbocycles. The van der Waals surface area contributed by atoms with E-state index >= 15 is 0 Å². The van der Waals surface area contributed by atoms with Crippen LogP contribution in [0.3, 0.4) is 0 Å². The molecule has 0 aromatic heterocycles. The van der Waals surface area contributed by atoms with Crippen molar-refractivity contribution in [3.05, 3.63) is 65.7 Å². The number of nitrogens with zero attached hydrogens (tertiary/aromatic N) is 2. The number of anilines is 1. The molecule has 1 aliphatic rings. The maximum absolute atomic E-state index is 12.7. The molecule has 1 amide bonds. The Kier molecular flexibility index (Phi) is 5.42. The van der Waals surface area contributed by atoms with Crippen LogP contribution in [0.2, 0.25) is 0 Å². The van der Waals surface area contributed by atoms with Crippen molar-refractivity contribution in [1.29, 1.82) is 0 Å². The van der Waals surface area contributed by atoms with Crippen molar-refractivity contribution in [2.24, 2.45) is 0 Å². The highest BCUT2D eigenvalue weighted by atomic mass is 16.2. The summed E-state index contributed by atoms with van der Waals surface area (Å²) >= 11 is 0. The number of carbonyl (C=O) groups is 1. The van der Waals surface area contributed by atoms with E-state index in [2.05, 4.69) is 43.9 Å². The molecule has 0 N–H and O–H groups in total. The highest BCUT2D eigenvalue weighted by Gasteiger charge is 2.27. The molecule has 3 rings (SSSR count). The van der Waals surface area contributed by atoms with Crippen LogP contribution in [-0.2, 0) is 11.2 Å². The molecule has 1 fully saturated rings. The fourth-order valence-electron chi connectivity index (χ4n) is 3.44. The lowest BCUT2D eigenvalue weighted by atomic mass is 10.0. The summed E-state index contributed by atoms with van der Waals surface area (Å²) < 4.78 is 0. The monoisotopic (exact) mass is 335 g/mol. The molecule has 1 radical (unpaired) electrons. The summed E-state index contributed by atoms with van der Waals surface area (Å²) in [4.78, 5) is 17.1. The van der Waals surface area contributed by atoms with Crippen molar-refractivity contribution in [3.8, 4) is 0 Å². The Morgan fingerprint density at radius 2 is 1.96 bits per heavy atom. The Balaban J connectivity index is 1.64. The summed E-state index contributed by atoms with van der Waals surface area (Å²) in [5.41, 5.74) is 3.57. The second-order valence-electron chi connectivity index (χ2n) is 7.20. The van der Waals surface area contributed by atoms with Gasteiger partial charge in [0.1, 0.15) is 0 Å². The van der Waals surface area contributed by atoms with Crippen LogP contribution in [0.25, 0.3) is 0 Å². The van der Waals surface area contributed by atoms with Crippen LogP contribution in [-0.4, -0.2) is 36.5 Å². The average molecular weight is 335 g/mol. The van der Waals surface area contributed by atoms with E-state index < -0.39 is 0 Å². The Bertz CT molecular complexity index is 711. The Morgan fingerprint density at radius 3 is 2.64 bits per heavy atom. The van der Waals surface area contributed by atoms with E-state index in [0.29, 0.717) is 12.3 Å². The smallest absolute Gasteiger partial charge is 0.227 e. The maximum Gasteiger partial charge on any atom is 0.227 e. The predicted molar refractivity (Wildman–Crippen MR) is 103 cm³/mol. The molecule has 0 aliphatic carbocycles. The van der Waals surface area contributed by atoms with Gasteiger partial charge in [0.2, 0.25) is 5.91 Å². The van der Waals surface area contributed by atoms with Gasteiger partial charge in [-0.25, -0.2) is 0 Å². The highest BCUT2D eigenvalue weighted by molar-refractivity contribution is 5.79. The van der Waals surface area contributed by atoms with Gasteiger partial charge < -0.3 is 9.80 Å². The van der Waals surface area contributed by atoms with Crippen molar-refractivity contribution in [1.82, 2.24) is 4.90 Å². The summed E-state index contributed by atoms with van der Waals surface area (Å²) in [6, 6.07) is 19.9. The summed E-state index contributed by atoms with van der Waals surface area (Å²) in [6.07, 6.45) is 0.489. The lowest BCUT2D eigenvalue weighted by Gasteiger charge is -2.41. The van der Waals surface area contributed by atoms with Crippen molar-refractivity contribution >= 4 is 11.6 Å². The quantitative estimate of drug-likeness (QED) is 0.846.